The maximum atomic E-state index is 14.1. The first kappa shape index (κ1) is 15.5. The van der Waals surface area contributed by atoms with Crippen LogP contribution < -0.4 is 0 Å². The van der Waals surface area contributed by atoms with Gasteiger partial charge in [-0.15, -0.1) is 0 Å². The lowest BCUT2D eigenvalue weighted by Crippen LogP contribution is -2.28. The second kappa shape index (κ2) is 6.39. The van der Waals surface area contributed by atoms with Crippen LogP contribution >= 0.6 is 0 Å². The van der Waals surface area contributed by atoms with Crippen molar-refractivity contribution in [2.45, 2.75) is 64.4 Å². The van der Waals surface area contributed by atoms with Gasteiger partial charge >= 0.3 is 0 Å². The van der Waals surface area contributed by atoms with Crippen molar-refractivity contribution in [1.82, 2.24) is 0 Å². The van der Waals surface area contributed by atoms with Gasteiger partial charge in [-0.25, -0.2) is 8.78 Å². The highest BCUT2D eigenvalue weighted by Gasteiger charge is 2.31. The van der Waals surface area contributed by atoms with Crippen LogP contribution in [-0.2, 0) is 4.74 Å². The highest BCUT2D eigenvalue weighted by molar-refractivity contribution is 5.28. The second-order valence-electron chi connectivity index (χ2n) is 6.89. The molecule has 0 aromatic heterocycles. The molecule has 0 radical (unpaired) electrons. The van der Waals surface area contributed by atoms with Crippen molar-refractivity contribution in [1.29, 1.82) is 0 Å². The number of benzene rings is 1. The van der Waals surface area contributed by atoms with Gasteiger partial charge in [0.1, 0.15) is 6.10 Å². The van der Waals surface area contributed by atoms with Crippen LogP contribution in [0.1, 0.15) is 62.5 Å². The molecule has 1 aliphatic heterocycles. The van der Waals surface area contributed by atoms with Gasteiger partial charge in [0.15, 0.2) is 11.6 Å². The van der Waals surface area contributed by atoms with Gasteiger partial charge in [0.25, 0.3) is 0 Å². The van der Waals surface area contributed by atoms with E-state index in [1.54, 1.807) is 19.1 Å². The van der Waals surface area contributed by atoms with Crippen LogP contribution in [0.2, 0.25) is 0 Å². The van der Waals surface area contributed by atoms with Crippen molar-refractivity contribution in [3.63, 3.8) is 0 Å². The maximum absolute atomic E-state index is 14.1. The highest BCUT2D eigenvalue weighted by atomic mass is 19.2. The van der Waals surface area contributed by atoms with Crippen LogP contribution in [0, 0.1) is 24.5 Å². The number of rotatable bonds is 2. The number of halogens is 2. The number of allylic oxidation sites excluding steroid dienone is 1. The minimum atomic E-state index is -0.684. The van der Waals surface area contributed by atoms with Gasteiger partial charge in [0, 0.05) is 0 Å². The summed E-state index contributed by atoms with van der Waals surface area (Å²) in [7, 11) is 0. The van der Waals surface area contributed by atoms with Crippen molar-refractivity contribution in [3.05, 3.63) is 46.7 Å². The Balaban J connectivity index is 1.64. The Morgan fingerprint density at radius 2 is 1.68 bits per heavy atom. The molecule has 0 amide bonds. The predicted octanol–water partition coefficient (Wildman–Crippen LogP) is 5.63. The summed E-state index contributed by atoms with van der Waals surface area (Å²) < 4.78 is 33.7. The molecule has 3 rings (SSSR count). The zero-order valence-corrected chi connectivity index (χ0v) is 13.4. The van der Waals surface area contributed by atoms with Gasteiger partial charge in [0.2, 0.25) is 0 Å². The van der Waals surface area contributed by atoms with Gasteiger partial charge in [-0.2, -0.15) is 0 Å². The number of hydrogen-bond donors (Lipinski definition) is 0. The molecule has 1 fully saturated rings. The molecular formula is C19H24F2O. The van der Waals surface area contributed by atoms with E-state index in [-0.39, 0.29) is 5.92 Å². The third-order valence-corrected chi connectivity index (χ3v) is 5.31. The lowest BCUT2D eigenvalue weighted by molar-refractivity contribution is 0.0452. The standard InChI is InChI=1S/C19H24F2O/c1-12-3-10-17(22-11-12)15-7-5-14(6-8-15)16-9-4-13(2)18(20)19(16)21/h4,9,11,14-15,17H,3,5-8,10H2,1-2H3. The van der Waals surface area contributed by atoms with Crippen molar-refractivity contribution >= 4 is 0 Å². The molecule has 0 bridgehead atoms. The van der Waals surface area contributed by atoms with Crippen LogP contribution in [0.3, 0.4) is 0 Å². The fourth-order valence-electron chi connectivity index (χ4n) is 3.83. The summed E-state index contributed by atoms with van der Waals surface area (Å²) >= 11 is 0. The Bertz CT molecular complexity index is 571. The Labute approximate surface area is 131 Å². The molecule has 120 valence electrons. The van der Waals surface area contributed by atoms with E-state index < -0.39 is 11.6 Å². The summed E-state index contributed by atoms with van der Waals surface area (Å²) in [6.07, 6.45) is 8.33. The van der Waals surface area contributed by atoms with Crippen LogP contribution in [0.5, 0.6) is 0 Å². The molecular weight excluding hydrogens is 282 g/mol. The minimum Gasteiger partial charge on any atom is -0.498 e. The van der Waals surface area contributed by atoms with E-state index in [2.05, 4.69) is 6.92 Å². The predicted molar refractivity (Wildman–Crippen MR) is 83.7 cm³/mol. The van der Waals surface area contributed by atoms with Gasteiger partial charge in [-0.3, -0.25) is 0 Å². The molecule has 0 spiro atoms. The zero-order valence-electron chi connectivity index (χ0n) is 13.4. The largest absolute Gasteiger partial charge is 0.498 e. The molecule has 1 atom stereocenters. The maximum Gasteiger partial charge on any atom is 0.162 e. The Kier molecular flexibility index (Phi) is 4.51. The van der Waals surface area contributed by atoms with E-state index in [1.165, 1.54) is 5.57 Å². The molecule has 0 saturated heterocycles. The van der Waals surface area contributed by atoms with Crippen LogP contribution in [0.15, 0.2) is 24.0 Å². The van der Waals surface area contributed by atoms with Gasteiger partial charge < -0.3 is 4.74 Å². The third-order valence-electron chi connectivity index (χ3n) is 5.31. The van der Waals surface area contributed by atoms with Crippen molar-refractivity contribution in [2.24, 2.45) is 5.92 Å². The zero-order chi connectivity index (χ0) is 15.7. The molecule has 1 aliphatic carbocycles. The fourth-order valence-corrected chi connectivity index (χ4v) is 3.83. The number of ether oxygens (including phenoxy) is 1. The van der Waals surface area contributed by atoms with Crippen molar-refractivity contribution in [3.8, 4) is 0 Å². The average Bonchev–Trinajstić information content (AvgIpc) is 2.54. The molecule has 1 nitrogen and oxygen atoms in total. The summed E-state index contributed by atoms with van der Waals surface area (Å²) in [5.74, 6) is -0.627. The first-order chi connectivity index (χ1) is 10.6. The smallest absolute Gasteiger partial charge is 0.162 e. The van der Waals surface area contributed by atoms with E-state index >= 15 is 0 Å². The van der Waals surface area contributed by atoms with E-state index in [4.69, 9.17) is 4.74 Å². The fraction of sp³-hybridized carbons (Fsp3) is 0.579. The molecule has 1 saturated carbocycles. The minimum absolute atomic E-state index is 0.146. The molecule has 1 aromatic carbocycles. The summed E-state index contributed by atoms with van der Waals surface area (Å²) in [5.41, 5.74) is 2.25. The monoisotopic (exact) mass is 306 g/mol. The third kappa shape index (κ3) is 3.04. The lowest BCUT2D eigenvalue weighted by Gasteiger charge is -2.35. The van der Waals surface area contributed by atoms with Crippen LogP contribution in [0.4, 0.5) is 8.78 Å². The van der Waals surface area contributed by atoms with Crippen molar-refractivity contribution < 1.29 is 13.5 Å². The van der Waals surface area contributed by atoms with Gasteiger partial charge in [0.05, 0.1) is 6.26 Å². The topological polar surface area (TPSA) is 9.23 Å². The number of hydrogen-bond acceptors (Lipinski definition) is 1. The van der Waals surface area contributed by atoms with Crippen LogP contribution in [-0.4, -0.2) is 6.10 Å². The molecule has 1 heterocycles. The summed E-state index contributed by atoms with van der Waals surface area (Å²) in [6, 6.07) is 3.46. The number of aryl methyl sites for hydroxylation is 1. The molecule has 1 aromatic rings. The SMILES string of the molecule is CC1=COC(C2CCC(c3ccc(C)c(F)c3F)CC2)CC1. The Morgan fingerprint density at radius 1 is 0.955 bits per heavy atom. The first-order valence-corrected chi connectivity index (χ1v) is 8.32. The molecule has 2 aliphatic rings. The quantitative estimate of drug-likeness (QED) is 0.688. The van der Waals surface area contributed by atoms with Gasteiger partial charge in [-0.1, -0.05) is 12.1 Å². The Hall–Kier alpha value is -1.38. The average molecular weight is 306 g/mol. The lowest BCUT2D eigenvalue weighted by atomic mass is 9.75. The van der Waals surface area contributed by atoms with E-state index in [9.17, 15) is 8.78 Å². The molecule has 3 heteroatoms. The second-order valence-corrected chi connectivity index (χ2v) is 6.89. The van der Waals surface area contributed by atoms with E-state index in [1.807, 2.05) is 6.26 Å². The Morgan fingerprint density at radius 3 is 2.32 bits per heavy atom. The molecule has 0 N–H and O–H groups in total. The normalized spacial score (nSPS) is 28.9. The van der Waals surface area contributed by atoms with E-state index in [0.717, 1.165) is 38.5 Å². The van der Waals surface area contributed by atoms with Gasteiger partial charge in [-0.05, 0) is 80.9 Å². The summed E-state index contributed by atoms with van der Waals surface area (Å²) in [5, 5.41) is 0. The highest BCUT2D eigenvalue weighted by Crippen LogP contribution is 2.40. The summed E-state index contributed by atoms with van der Waals surface area (Å²) in [4.78, 5) is 0. The van der Waals surface area contributed by atoms with Crippen molar-refractivity contribution in [2.75, 3.05) is 0 Å². The van der Waals surface area contributed by atoms with E-state index in [0.29, 0.717) is 23.1 Å². The summed E-state index contributed by atoms with van der Waals surface area (Å²) in [6.45, 7) is 3.71. The first-order valence-electron chi connectivity index (χ1n) is 8.32. The van der Waals surface area contributed by atoms with Crippen LogP contribution in [0.25, 0.3) is 0 Å². The molecule has 22 heavy (non-hydrogen) atoms. The molecule has 1 unspecified atom stereocenters.